The molecule has 0 radical (unpaired) electrons. The Balaban J connectivity index is 4.52. The van der Waals surface area contributed by atoms with Crippen LogP contribution in [0.4, 0.5) is 0 Å². The van der Waals surface area contributed by atoms with Gasteiger partial charge >= 0.3 is 0 Å². The van der Waals surface area contributed by atoms with Crippen molar-refractivity contribution in [1.29, 1.82) is 0 Å². The first kappa shape index (κ1) is 15.5. The second kappa shape index (κ2) is 5.70. The van der Waals surface area contributed by atoms with E-state index in [1.165, 1.54) is 0 Å². The maximum Gasteiger partial charge on any atom is 0.222 e. The lowest BCUT2D eigenvalue weighted by atomic mass is 9.91. The van der Waals surface area contributed by atoms with Crippen molar-refractivity contribution in [2.75, 3.05) is 6.54 Å². The summed E-state index contributed by atoms with van der Waals surface area (Å²) in [4.78, 5) is 14.1. The third-order valence-corrected chi connectivity index (χ3v) is 2.66. The topological polar surface area (TPSA) is 20.3 Å². The summed E-state index contributed by atoms with van der Waals surface area (Å²) < 4.78 is 0. The van der Waals surface area contributed by atoms with Gasteiger partial charge in [-0.25, -0.2) is 0 Å². The van der Waals surface area contributed by atoms with Crippen LogP contribution < -0.4 is 0 Å². The van der Waals surface area contributed by atoms with Crippen LogP contribution in [0.25, 0.3) is 0 Å². The average Bonchev–Trinajstić information content (AvgIpc) is 1.99. The van der Waals surface area contributed by atoms with E-state index < -0.39 is 0 Å². The van der Waals surface area contributed by atoms with Crippen molar-refractivity contribution < 1.29 is 4.79 Å². The lowest BCUT2D eigenvalue weighted by Gasteiger charge is -2.37. The Morgan fingerprint density at radius 3 is 1.88 bits per heavy atom. The molecule has 0 spiro atoms. The fourth-order valence-electron chi connectivity index (χ4n) is 1.63. The largest absolute Gasteiger partial charge is 0.338 e. The van der Waals surface area contributed by atoms with Gasteiger partial charge in [0.25, 0.3) is 0 Å². The van der Waals surface area contributed by atoms with Gasteiger partial charge in [-0.2, -0.15) is 0 Å². The van der Waals surface area contributed by atoms with Gasteiger partial charge in [0.1, 0.15) is 0 Å². The van der Waals surface area contributed by atoms with Gasteiger partial charge in [-0.15, -0.1) is 0 Å². The summed E-state index contributed by atoms with van der Waals surface area (Å²) >= 11 is 0. The van der Waals surface area contributed by atoms with Gasteiger partial charge in [-0.3, -0.25) is 4.79 Å². The second-order valence-corrected chi connectivity index (χ2v) is 6.78. The smallest absolute Gasteiger partial charge is 0.222 e. The molecule has 0 saturated carbocycles. The number of amides is 1. The molecule has 2 nitrogen and oxygen atoms in total. The zero-order valence-electron chi connectivity index (χ0n) is 12.2. The summed E-state index contributed by atoms with van der Waals surface area (Å²) in [5.74, 6) is 0.291. The highest BCUT2D eigenvalue weighted by Crippen LogP contribution is 2.23. The Bertz CT molecular complexity index is 220. The fourth-order valence-corrected chi connectivity index (χ4v) is 1.63. The Kier molecular flexibility index (Phi) is 5.51. The van der Waals surface area contributed by atoms with Crippen LogP contribution in [0.1, 0.15) is 67.7 Å². The number of rotatable bonds is 4. The fraction of sp³-hybridized carbons (Fsp3) is 0.929. The van der Waals surface area contributed by atoms with Crippen LogP contribution in [-0.4, -0.2) is 22.9 Å². The number of carbonyl (C=O) groups is 1. The molecule has 1 amide bonds. The highest BCUT2D eigenvalue weighted by molar-refractivity contribution is 5.76. The van der Waals surface area contributed by atoms with Crippen LogP contribution in [-0.2, 0) is 4.79 Å². The molecule has 0 heterocycles. The van der Waals surface area contributed by atoms with Crippen LogP contribution in [0, 0.1) is 5.41 Å². The maximum absolute atomic E-state index is 12.0. The molecular formula is C14H29NO. The first-order valence-corrected chi connectivity index (χ1v) is 6.38. The van der Waals surface area contributed by atoms with Gasteiger partial charge in [0.15, 0.2) is 0 Å². The molecule has 0 fully saturated rings. The van der Waals surface area contributed by atoms with Crippen LogP contribution in [0.2, 0.25) is 0 Å². The molecule has 0 aromatic carbocycles. The van der Waals surface area contributed by atoms with E-state index in [4.69, 9.17) is 0 Å². The van der Waals surface area contributed by atoms with Crippen LogP contribution in [0.3, 0.4) is 0 Å². The van der Waals surface area contributed by atoms with E-state index in [-0.39, 0.29) is 11.0 Å². The predicted octanol–water partition coefficient (Wildman–Crippen LogP) is 3.85. The molecule has 2 heteroatoms. The Morgan fingerprint density at radius 2 is 1.56 bits per heavy atom. The zero-order chi connectivity index (χ0) is 13.0. The molecule has 0 N–H and O–H groups in total. The summed E-state index contributed by atoms with van der Waals surface area (Å²) in [6.07, 6.45) is 2.65. The van der Waals surface area contributed by atoms with Gasteiger partial charge in [-0.1, -0.05) is 27.7 Å². The van der Waals surface area contributed by atoms with Crippen molar-refractivity contribution in [3.8, 4) is 0 Å². The molecule has 0 bridgehead atoms. The number of hydrogen-bond acceptors (Lipinski definition) is 1. The van der Waals surface area contributed by atoms with E-state index in [1.54, 1.807) is 0 Å². The maximum atomic E-state index is 12.0. The standard InChI is InChI=1S/C14H29NO/c1-8-9-12(16)15(14(5,6)7)11-10-13(2,3)4/h8-11H2,1-7H3. The van der Waals surface area contributed by atoms with Crippen molar-refractivity contribution in [2.45, 2.75) is 73.3 Å². The third kappa shape index (κ3) is 6.14. The molecule has 0 aromatic heterocycles. The summed E-state index contributed by atoms with van der Waals surface area (Å²) in [5, 5.41) is 0. The minimum atomic E-state index is -0.0580. The van der Waals surface area contributed by atoms with E-state index in [0.717, 1.165) is 19.4 Å². The normalized spacial score (nSPS) is 12.7. The van der Waals surface area contributed by atoms with E-state index in [9.17, 15) is 4.79 Å². The molecule has 16 heavy (non-hydrogen) atoms. The lowest BCUT2D eigenvalue weighted by Crippen LogP contribution is -2.46. The van der Waals surface area contributed by atoms with E-state index in [0.29, 0.717) is 12.3 Å². The predicted molar refractivity (Wildman–Crippen MR) is 70.4 cm³/mol. The first-order chi connectivity index (χ1) is 7.08. The van der Waals surface area contributed by atoms with Crippen molar-refractivity contribution >= 4 is 5.91 Å². The molecular weight excluding hydrogens is 198 g/mol. The van der Waals surface area contributed by atoms with Crippen molar-refractivity contribution in [2.24, 2.45) is 5.41 Å². The number of nitrogens with zero attached hydrogens (tertiary/aromatic N) is 1. The molecule has 0 atom stereocenters. The monoisotopic (exact) mass is 227 g/mol. The van der Waals surface area contributed by atoms with Gasteiger partial charge in [-0.05, 0) is 39.0 Å². The third-order valence-electron chi connectivity index (χ3n) is 2.66. The van der Waals surface area contributed by atoms with Gasteiger partial charge < -0.3 is 4.90 Å². The highest BCUT2D eigenvalue weighted by atomic mass is 16.2. The Labute approximate surface area is 101 Å². The zero-order valence-corrected chi connectivity index (χ0v) is 12.2. The summed E-state index contributed by atoms with van der Waals surface area (Å²) in [6, 6.07) is 0. The minimum Gasteiger partial charge on any atom is -0.338 e. The Hall–Kier alpha value is -0.530. The SMILES string of the molecule is CCCC(=O)N(CCC(C)(C)C)C(C)(C)C. The van der Waals surface area contributed by atoms with Gasteiger partial charge in [0.2, 0.25) is 5.91 Å². The molecule has 0 aromatic rings. The average molecular weight is 227 g/mol. The molecule has 0 aliphatic heterocycles. The molecule has 0 aliphatic carbocycles. The number of hydrogen-bond donors (Lipinski definition) is 0. The molecule has 0 aliphatic rings. The lowest BCUT2D eigenvalue weighted by molar-refractivity contribution is -0.136. The van der Waals surface area contributed by atoms with E-state index in [2.05, 4.69) is 48.5 Å². The molecule has 0 unspecified atom stereocenters. The first-order valence-electron chi connectivity index (χ1n) is 6.38. The Morgan fingerprint density at radius 1 is 1.06 bits per heavy atom. The van der Waals surface area contributed by atoms with Crippen LogP contribution in [0.5, 0.6) is 0 Å². The van der Waals surface area contributed by atoms with Crippen molar-refractivity contribution in [3.63, 3.8) is 0 Å². The van der Waals surface area contributed by atoms with Crippen LogP contribution in [0.15, 0.2) is 0 Å². The summed E-state index contributed by atoms with van der Waals surface area (Å²) in [6.45, 7) is 15.9. The molecule has 0 rings (SSSR count). The van der Waals surface area contributed by atoms with Gasteiger partial charge in [0.05, 0.1) is 0 Å². The van der Waals surface area contributed by atoms with Crippen molar-refractivity contribution in [1.82, 2.24) is 4.90 Å². The van der Waals surface area contributed by atoms with Gasteiger partial charge in [0, 0.05) is 18.5 Å². The summed E-state index contributed by atoms with van der Waals surface area (Å²) in [5.41, 5.74) is 0.230. The summed E-state index contributed by atoms with van der Waals surface area (Å²) in [7, 11) is 0. The van der Waals surface area contributed by atoms with Crippen LogP contribution >= 0.6 is 0 Å². The number of carbonyl (C=O) groups excluding carboxylic acids is 1. The molecule has 0 saturated heterocycles. The van der Waals surface area contributed by atoms with E-state index in [1.807, 2.05) is 4.90 Å². The second-order valence-electron chi connectivity index (χ2n) is 6.78. The minimum absolute atomic E-state index is 0.0580. The van der Waals surface area contributed by atoms with E-state index >= 15 is 0 Å². The highest BCUT2D eigenvalue weighted by Gasteiger charge is 2.26. The molecule has 96 valence electrons. The van der Waals surface area contributed by atoms with Crippen molar-refractivity contribution in [3.05, 3.63) is 0 Å². The quantitative estimate of drug-likeness (QED) is 0.714.